The van der Waals surface area contributed by atoms with Gasteiger partial charge in [-0.05, 0) is 27.7 Å². The van der Waals surface area contributed by atoms with Crippen molar-refractivity contribution in [1.29, 1.82) is 0 Å². The van der Waals surface area contributed by atoms with Crippen LogP contribution < -0.4 is 0 Å². The van der Waals surface area contributed by atoms with Gasteiger partial charge in [0, 0.05) is 28.4 Å². The second kappa shape index (κ2) is 141. The molecule has 33 heavy (non-hydrogen) atoms. The Kier molecular flexibility index (Phi) is 298. The van der Waals surface area contributed by atoms with Crippen molar-refractivity contribution in [2.24, 2.45) is 0 Å². The fraction of sp³-hybridized carbons (Fsp3) is 0.931. The summed E-state index contributed by atoms with van der Waals surface area (Å²) in [6, 6.07) is 0. The lowest BCUT2D eigenvalue weighted by molar-refractivity contribution is -0.115. The highest BCUT2D eigenvalue weighted by Crippen LogP contribution is 1.88. The zero-order chi connectivity index (χ0) is 27.5. The SMILES string of the molecule is C.C.CC(C)=O.CC(C)=O.CCC.CCC.CCC.CCC.CCCCC.COC.COC. The lowest BCUT2D eigenvalue weighted by Crippen LogP contribution is -1.69. The first kappa shape index (κ1) is 69.7. The largest absolute Gasteiger partial charge is 0.388 e. The highest BCUT2D eigenvalue weighted by Gasteiger charge is 1.68. The van der Waals surface area contributed by atoms with Crippen molar-refractivity contribution in [3.05, 3.63) is 0 Å². The summed E-state index contributed by atoms with van der Waals surface area (Å²) in [5.74, 6) is 0.333. The van der Waals surface area contributed by atoms with Gasteiger partial charge >= 0.3 is 0 Å². The third kappa shape index (κ3) is 16900. The lowest BCUT2D eigenvalue weighted by Gasteiger charge is -1.79. The van der Waals surface area contributed by atoms with Crippen LogP contribution in [0.5, 0.6) is 0 Å². The topological polar surface area (TPSA) is 52.6 Å². The van der Waals surface area contributed by atoms with E-state index in [4.69, 9.17) is 0 Å². The highest BCUT2D eigenvalue weighted by atomic mass is 16.5. The minimum atomic E-state index is 0. The van der Waals surface area contributed by atoms with Gasteiger partial charge in [0.1, 0.15) is 11.6 Å². The molecule has 0 saturated carbocycles. The predicted molar refractivity (Wildman–Crippen MR) is 161 cm³/mol. The first-order chi connectivity index (χ1) is 14.4. The molecule has 216 valence electrons. The highest BCUT2D eigenvalue weighted by molar-refractivity contribution is 5.72. The molecule has 0 aliphatic rings. The van der Waals surface area contributed by atoms with Crippen LogP contribution in [0.4, 0.5) is 0 Å². The van der Waals surface area contributed by atoms with Crippen LogP contribution in [-0.4, -0.2) is 40.0 Å². The molecule has 0 rings (SSSR count). The van der Waals surface area contributed by atoms with E-state index in [1.165, 1.54) is 72.6 Å². The number of unbranched alkanes of at least 4 members (excludes halogenated alkanes) is 2. The number of ketones is 2. The van der Waals surface area contributed by atoms with Crippen LogP contribution >= 0.6 is 0 Å². The average Bonchev–Trinajstić information content (AvgIpc) is 2.59. The summed E-state index contributed by atoms with van der Waals surface area (Å²) < 4.78 is 8.50. The van der Waals surface area contributed by atoms with Crippen molar-refractivity contribution in [1.82, 2.24) is 0 Å². The molecule has 0 heterocycles. The molecule has 0 unspecified atom stereocenters. The molecular formula is C29H76O4. The standard InChI is InChI=1S/C5H12.2C3H6O.4C3H8.2C2H6O.2CH4/c1-3-5-4-2;2*1-3(2)4;6*1-3-2;;/h3-5H2,1-2H3;2*1-2H3;4*3H2,1-2H3;2*1-2H3;2*1H4. The Morgan fingerprint density at radius 2 is 0.515 bits per heavy atom. The molecule has 0 aromatic heterocycles. The molecular weight excluding hydrogens is 412 g/mol. The zero-order valence-electron chi connectivity index (χ0n) is 25.6. The fourth-order valence-corrected chi connectivity index (χ4v) is 0.354. The number of ether oxygens (including phenoxy) is 2. The maximum absolute atomic E-state index is 9.44. The van der Waals surface area contributed by atoms with Crippen LogP contribution in [0, 0.1) is 0 Å². The van der Waals surface area contributed by atoms with Crippen molar-refractivity contribution in [3.8, 4) is 0 Å². The Balaban J connectivity index is -0.0000000183. The van der Waals surface area contributed by atoms with E-state index in [2.05, 4.69) is 78.7 Å². The molecule has 4 heteroatoms. The fourth-order valence-electron chi connectivity index (χ4n) is 0.354. The number of hydrogen-bond acceptors (Lipinski definition) is 4. The second-order valence-corrected chi connectivity index (χ2v) is 6.81. The zero-order valence-corrected chi connectivity index (χ0v) is 25.6. The van der Waals surface area contributed by atoms with Gasteiger partial charge in [-0.25, -0.2) is 0 Å². The third-order valence-electron chi connectivity index (χ3n) is 0.707. The molecule has 0 atom stereocenters. The third-order valence-corrected chi connectivity index (χ3v) is 0.707. The van der Waals surface area contributed by atoms with Crippen molar-refractivity contribution in [3.63, 3.8) is 0 Å². The molecule has 0 amide bonds. The van der Waals surface area contributed by atoms with E-state index in [0.29, 0.717) is 0 Å². The van der Waals surface area contributed by atoms with Crippen molar-refractivity contribution < 1.29 is 19.1 Å². The van der Waals surface area contributed by atoms with Gasteiger partial charge in [-0.1, -0.05) is 129 Å². The van der Waals surface area contributed by atoms with Crippen LogP contribution in [0.2, 0.25) is 0 Å². The van der Waals surface area contributed by atoms with Crippen molar-refractivity contribution in [2.75, 3.05) is 28.4 Å². The summed E-state index contributed by atoms with van der Waals surface area (Å²) in [5.41, 5.74) is 0. The monoisotopic (exact) mass is 489 g/mol. The minimum Gasteiger partial charge on any atom is -0.388 e. The van der Waals surface area contributed by atoms with Gasteiger partial charge in [-0.2, -0.15) is 0 Å². The molecule has 4 nitrogen and oxygen atoms in total. The van der Waals surface area contributed by atoms with E-state index in [1.54, 1.807) is 28.4 Å². The van der Waals surface area contributed by atoms with Gasteiger partial charge in [-0.3, -0.25) is 0 Å². The van der Waals surface area contributed by atoms with E-state index >= 15 is 0 Å². The van der Waals surface area contributed by atoms with Crippen LogP contribution in [0.1, 0.15) is 157 Å². The predicted octanol–water partition coefficient (Wildman–Crippen LogP) is 10.8. The van der Waals surface area contributed by atoms with Crippen LogP contribution in [0.15, 0.2) is 0 Å². The molecule has 0 saturated heterocycles. The summed E-state index contributed by atoms with van der Waals surface area (Å²) >= 11 is 0. The van der Waals surface area contributed by atoms with Gasteiger partial charge in [0.25, 0.3) is 0 Å². The number of carbonyl (C=O) groups excluding carboxylic acids is 2. The Morgan fingerprint density at radius 1 is 0.455 bits per heavy atom. The van der Waals surface area contributed by atoms with Gasteiger partial charge in [-0.15, -0.1) is 0 Å². The molecule has 0 aliphatic heterocycles. The second-order valence-electron chi connectivity index (χ2n) is 6.81. The molecule has 0 radical (unpaired) electrons. The molecule has 0 spiro atoms. The first-order valence-corrected chi connectivity index (χ1v) is 12.1. The number of methoxy groups -OCH3 is 2. The molecule has 0 aliphatic carbocycles. The van der Waals surface area contributed by atoms with E-state index in [1.807, 2.05) is 0 Å². The van der Waals surface area contributed by atoms with Crippen LogP contribution in [-0.2, 0) is 19.1 Å². The molecule has 0 aromatic rings. The number of Topliss-reactive ketones (excluding diaryl/α,β-unsaturated/α-hetero) is 2. The Labute approximate surface area is 216 Å². The molecule has 0 bridgehead atoms. The Hall–Kier alpha value is -0.740. The average molecular weight is 489 g/mol. The lowest BCUT2D eigenvalue weighted by atomic mass is 10.3. The van der Waals surface area contributed by atoms with Gasteiger partial charge in [0.2, 0.25) is 0 Å². The van der Waals surface area contributed by atoms with E-state index in [-0.39, 0.29) is 26.4 Å². The first-order valence-electron chi connectivity index (χ1n) is 12.1. The maximum atomic E-state index is 9.44. The molecule has 0 aromatic carbocycles. The Morgan fingerprint density at radius 3 is 0.515 bits per heavy atom. The summed E-state index contributed by atoms with van der Waals surface area (Å²) in [6.45, 7) is 27.5. The van der Waals surface area contributed by atoms with Crippen LogP contribution in [0.25, 0.3) is 0 Å². The summed E-state index contributed by atoms with van der Waals surface area (Å²) in [7, 11) is 6.50. The summed E-state index contributed by atoms with van der Waals surface area (Å²) in [6.07, 6.45) is 9.08. The minimum absolute atomic E-state index is 0. The van der Waals surface area contributed by atoms with Crippen molar-refractivity contribution >= 4 is 11.6 Å². The number of hydrogen-bond donors (Lipinski definition) is 0. The Bertz CT molecular complexity index is 157. The van der Waals surface area contributed by atoms with Crippen molar-refractivity contribution in [2.45, 2.75) is 157 Å². The van der Waals surface area contributed by atoms with E-state index in [9.17, 15) is 9.59 Å². The van der Waals surface area contributed by atoms with E-state index in [0.717, 1.165) is 0 Å². The van der Waals surface area contributed by atoms with Gasteiger partial charge in [0.05, 0.1) is 0 Å². The molecule has 0 N–H and O–H groups in total. The van der Waals surface area contributed by atoms with E-state index < -0.39 is 0 Å². The number of carbonyl (C=O) groups is 2. The van der Waals surface area contributed by atoms with Crippen LogP contribution in [0.3, 0.4) is 0 Å². The molecule has 0 fully saturated rings. The normalized spacial score (nSPS) is 6.12. The smallest absolute Gasteiger partial charge is 0.126 e. The quantitative estimate of drug-likeness (QED) is 0.387. The van der Waals surface area contributed by atoms with Gasteiger partial charge in [0.15, 0.2) is 0 Å². The summed E-state index contributed by atoms with van der Waals surface area (Å²) in [4.78, 5) is 18.9. The summed E-state index contributed by atoms with van der Waals surface area (Å²) in [5, 5.41) is 0. The maximum Gasteiger partial charge on any atom is 0.126 e. The van der Waals surface area contributed by atoms with Gasteiger partial charge < -0.3 is 19.1 Å². The number of rotatable bonds is 2.